The van der Waals surface area contributed by atoms with E-state index in [1.165, 1.54) is 25.9 Å². The molecular formula is C22H21BrN2O4. The zero-order valence-electron chi connectivity index (χ0n) is 16.4. The van der Waals surface area contributed by atoms with Crippen molar-refractivity contribution in [1.29, 1.82) is 0 Å². The number of ether oxygens (including phenoxy) is 1. The number of carbonyl (C=O) groups is 3. The smallest absolute Gasteiger partial charge is 0.335 e. The molecule has 2 heterocycles. The van der Waals surface area contributed by atoms with Crippen molar-refractivity contribution in [3.8, 4) is 0 Å². The lowest BCUT2D eigenvalue weighted by atomic mass is 9.77. The maximum atomic E-state index is 13.5. The van der Waals surface area contributed by atoms with Crippen LogP contribution in [0.1, 0.15) is 36.9 Å². The van der Waals surface area contributed by atoms with Gasteiger partial charge in [-0.3, -0.25) is 14.5 Å². The number of hydrogen-bond acceptors (Lipinski definition) is 4. The van der Waals surface area contributed by atoms with Crippen molar-refractivity contribution in [2.75, 3.05) is 18.6 Å². The number of halogens is 1. The van der Waals surface area contributed by atoms with E-state index < -0.39 is 23.5 Å². The third kappa shape index (κ3) is 2.64. The molecule has 0 radical (unpaired) electrons. The highest BCUT2D eigenvalue weighted by Crippen LogP contribution is 2.60. The number of rotatable bonds is 2. The molecule has 2 aromatic rings. The molecule has 0 N–H and O–H groups in total. The van der Waals surface area contributed by atoms with E-state index in [0.29, 0.717) is 12.2 Å². The van der Waals surface area contributed by atoms with Crippen LogP contribution in [0.5, 0.6) is 0 Å². The van der Waals surface area contributed by atoms with Crippen molar-refractivity contribution in [2.24, 2.45) is 0 Å². The van der Waals surface area contributed by atoms with E-state index in [1.807, 2.05) is 48.5 Å². The fourth-order valence-electron chi connectivity index (χ4n) is 4.98. The van der Waals surface area contributed by atoms with Gasteiger partial charge >= 0.3 is 5.97 Å². The molecule has 0 saturated carbocycles. The third-order valence-electron chi connectivity index (χ3n) is 5.99. The minimum atomic E-state index is -1.36. The molecule has 0 spiro atoms. The molecule has 2 amide bonds. The molecule has 1 fully saturated rings. The van der Waals surface area contributed by atoms with Gasteiger partial charge in [0.25, 0.3) is 0 Å². The van der Waals surface area contributed by atoms with Gasteiger partial charge in [-0.2, -0.15) is 0 Å². The Balaban J connectivity index is 2.04. The molecule has 6 nitrogen and oxygen atoms in total. The SMILES string of the molecule is COC(=O)[C@]12[C@@H](c3ccc(Br)cc3)CN(C(C)=O)[C@H]1c1ccccc1N2C(C)=O. The Morgan fingerprint density at radius 2 is 1.69 bits per heavy atom. The molecule has 0 aromatic heterocycles. The van der Waals surface area contributed by atoms with E-state index in [4.69, 9.17) is 4.74 Å². The lowest BCUT2D eigenvalue weighted by Gasteiger charge is -2.39. The summed E-state index contributed by atoms with van der Waals surface area (Å²) in [6.07, 6.45) is 0. The summed E-state index contributed by atoms with van der Waals surface area (Å²) in [5.74, 6) is -1.38. The highest BCUT2D eigenvalue weighted by atomic mass is 79.9. The average Bonchev–Trinajstić information content (AvgIpc) is 3.19. The van der Waals surface area contributed by atoms with Gasteiger partial charge in [0.05, 0.1) is 18.8 Å². The monoisotopic (exact) mass is 456 g/mol. The van der Waals surface area contributed by atoms with Crippen LogP contribution in [0.25, 0.3) is 0 Å². The number of para-hydroxylation sites is 1. The normalized spacial score (nSPS) is 24.8. The van der Waals surface area contributed by atoms with Crippen molar-refractivity contribution in [3.63, 3.8) is 0 Å². The van der Waals surface area contributed by atoms with Gasteiger partial charge in [0.1, 0.15) is 0 Å². The summed E-state index contributed by atoms with van der Waals surface area (Å²) < 4.78 is 6.18. The van der Waals surface area contributed by atoms with Gasteiger partial charge in [-0.1, -0.05) is 46.3 Å². The Morgan fingerprint density at radius 3 is 2.28 bits per heavy atom. The van der Waals surface area contributed by atoms with E-state index in [2.05, 4.69) is 15.9 Å². The maximum absolute atomic E-state index is 13.5. The van der Waals surface area contributed by atoms with Crippen LogP contribution in [-0.4, -0.2) is 41.9 Å². The Bertz CT molecular complexity index is 1010. The number of nitrogens with zero attached hydrogens (tertiary/aromatic N) is 2. The van der Waals surface area contributed by atoms with Crippen LogP contribution >= 0.6 is 15.9 Å². The van der Waals surface area contributed by atoms with E-state index in [1.54, 1.807) is 4.90 Å². The van der Waals surface area contributed by atoms with Gasteiger partial charge in [-0.05, 0) is 23.8 Å². The van der Waals surface area contributed by atoms with Crippen LogP contribution in [0.4, 0.5) is 5.69 Å². The Kier molecular flexibility index (Phi) is 4.73. The van der Waals surface area contributed by atoms with Gasteiger partial charge in [-0.25, -0.2) is 4.79 Å². The van der Waals surface area contributed by atoms with Crippen LogP contribution in [0.2, 0.25) is 0 Å². The fraction of sp³-hybridized carbons (Fsp3) is 0.318. The number of carbonyl (C=O) groups excluding carboxylic acids is 3. The molecule has 2 aromatic carbocycles. The van der Waals surface area contributed by atoms with Crippen LogP contribution in [0, 0.1) is 0 Å². The van der Waals surface area contributed by atoms with Crippen LogP contribution in [0.3, 0.4) is 0 Å². The fourth-order valence-corrected chi connectivity index (χ4v) is 5.24. The molecule has 2 aliphatic rings. The average molecular weight is 457 g/mol. The predicted octanol–water partition coefficient (Wildman–Crippen LogP) is 3.41. The topological polar surface area (TPSA) is 66.9 Å². The van der Waals surface area contributed by atoms with Crippen molar-refractivity contribution >= 4 is 39.4 Å². The summed E-state index contributed by atoms with van der Waals surface area (Å²) in [5, 5.41) is 0. The summed E-state index contributed by atoms with van der Waals surface area (Å²) >= 11 is 3.44. The van der Waals surface area contributed by atoms with Crippen molar-refractivity contribution in [1.82, 2.24) is 4.90 Å². The first kappa shape index (κ1) is 19.6. The minimum Gasteiger partial charge on any atom is -0.467 e. The second kappa shape index (κ2) is 6.99. The molecule has 0 bridgehead atoms. The zero-order chi connectivity index (χ0) is 20.9. The largest absolute Gasteiger partial charge is 0.467 e. The summed E-state index contributed by atoms with van der Waals surface area (Å²) in [6, 6.07) is 14.4. The number of benzene rings is 2. The van der Waals surface area contributed by atoms with Crippen molar-refractivity contribution in [3.05, 3.63) is 64.1 Å². The van der Waals surface area contributed by atoms with Crippen molar-refractivity contribution in [2.45, 2.75) is 31.3 Å². The highest BCUT2D eigenvalue weighted by Gasteiger charge is 2.69. The number of fused-ring (bicyclic) bond motifs is 3. The Labute approximate surface area is 177 Å². The molecule has 3 atom stereocenters. The lowest BCUT2D eigenvalue weighted by Crippen LogP contribution is -2.59. The molecule has 0 unspecified atom stereocenters. The molecular weight excluding hydrogens is 436 g/mol. The summed E-state index contributed by atoms with van der Waals surface area (Å²) in [6.45, 7) is 3.25. The number of hydrogen-bond donors (Lipinski definition) is 0. The van der Waals surface area contributed by atoms with Gasteiger partial charge in [0, 0.05) is 36.3 Å². The quantitative estimate of drug-likeness (QED) is 0.649. The molecule has 29 heavy (non-hydrogen) atoms. The minimum absolute atomic E-state index is 0.150. The lowest BCUT2D eigenvalue weighted by molar-refractivity contribution is -0.150. The summed E-state index contributed by atoms with van der Waals surface area (Å²) in [5.41, 5.74) is 0.932. The van der Waals surface area contributed by atoms with Crippen LogP contribution < -0.4 is 4.90 Å². The summed E-state index contributed by atoms with van der Waals surface area (Å²) in [4.78, 5) is 42.2. The number of likely N-dealkylation sites (tertiary alicyclic amines) is 1. The second-order valence-corrected chi connectivity index (χ2v) is 8.32. The summed E-state index contributed by atoms with van der Waals surface area (Å²) in [7, 11) is 1.32. The number of amides is 2. The Hall–Kier alpha value is -2.67. The third-order valence-corrected chi connectivity index (χ3v) is 6.51. The van der Waals surface area contributed by atoms with Crippen LogP contribution in [0.15, 0.2) is 53.0 Å². The first-order valence-corrected chi connectivity index (χ1v) is 10.1. The Morgan fingerprint density at radius 1 is 1.03 bits per heavy atom. The first-order valence-electron chi connectivity index (χ1n) is 9.34. The van der Waals surface area contributed by atoms with Gasteiger partial charge < -0.3 is 9.64 Å². The molecule has 150 valence electrons. The molecule has 4 rings (SSSR count). The second-order valence-electron chi connectivity index (χ2n) is 7.41. The highest BCUT2D eigenvalue weighted by molar-refractivity contribution is 9.10. The molecule has 2 aliphatic heterocycles. The zero-order valence-corrected chi connectivity index (χ0v) is 18.0. The van der Waals surface area contributed by atoms with Crippen LogP contribution in [-0.2, 0) is 19.1 Å². The molecule has 7 heteroatoms. The van der Waals surface area contributed by atoms with Gasteiger partial charge in [0.15, 0.2) is 5.54 Å². The maximum Gasteiger partial charge on any atom is 0.335 e. The predicted molar refractivity (Wildman–Crippen MR) is 111 cm³/mol. The molecule has 1 saturated heterocycles. The number of anilines is 1. The standard InChI is InChI=1S/C22H21BrN2O4/c1-13(26)24-12-18(15-8-10-16(23)11-9-15)22(21(28)29-3)20(24)17-6-4-5-7-19(17)25(22)14(2)27/h4-11,18,20H,12H2,1-3H3/t18-,20+,22+/m1/s1. The van der Waals surface area contributed by atoms with E-state index in [9.17, 15) is 14.4 Å². The first-order chi connectivity index (χ1) is 13.8. The molecule has 0 aliphatic carbocycles. The van der Waals surface area contributed by atoms with E-state index in [0.717, 1.165) is 15.6 Å². The van der Waals surface area contributed by atoms with Gasteiger partial charge in [0.2, 0.25) is 11.8 Å². The number of esters is 1. The van der Waals surface area contributed by atoms with E-state index >= 15 is 0 Å². The van der Waals surface area contributed by atoms with E-state index in [-0.39, 0.29) is 11.8 Å². The number of methoxy groups -OCH3 is 1. The van der Waals surface area contributed by atoms with Crippen molar-refractivity contribution < 1.29 is 19.1 Å². The van der Waals surface area contributed by atoms with Gasteiger partial charge in [-0.15, -0.1) is 0 Å².